The van der Waals surface area contributed by atoms with Crippen LogP contribution in [0.3, 0.4) is 0 Å². The van der Waals surface area contributed by atoms with Crippen molar-refractivity contribution < 1.29 is 38.3 Å². The molecule has 0 aromatic carbocycles. The number of amides is 1. The Bertz CT molecular complexity index is 728. The molecule has 3 unspecified atom stereocenters. The molecular weight excluding hydrogens is 474 g/mol. The molecule has 0 radical (unpaired) electrons. The minimum Gasteiger partial charge on any atom is -0.459 e. The lowest BCUT2D eigenvalue weighted by molar-refractivity contribution is -0.170. The Labute approximate surface area is 211 Å². The van der Waals surface area contributed by atoms with Crippen LogP contribution < -0.4 is 0 Å². The molecule has 3 atom stereocenters. The van der Waals surface area contributed by atoms with E-state index >= 15 is 0 Å². The van der Waals surface area contributed by atoms with Gasteiger partial charge in [-0.2, -0.15) is 11.3 Å². The standard InChI is InChI=1S/C25H39NO8S/c1-2-33-25-21(4-3-8-27)22(20-5-17-35-19-20)18-23(34-25)24(28)26-6-9-29-11-13-31-15-16-32-14-12-30-10-7-26/h5,17-19,21-22,25,27H,2-4,6-16H2,1H3. The minimum atomic E-state index is -0.564. The lowest BCUT2D eigenvalue weighted by atomic mass is 9.81. The van der Waals surface area contributed by atoms with Crippen molar-refractivity contribution in [2.45, 2.75) is 32.0 Å². The maximum Gasteiger partial charge on any atom is 0.288 e. The molecule has 3 heterocycles. The van der Waals surface area contributed by atoms with Gasteiger partial charge in [0.1, 0.15) is 0 Å². The summed E-state index contributed by atoms with van der Waals surface area (Å²) < 4.78 is 34.4. The molecule has 0 spiro atoms. The molecule has 0 aliphatic carbocycles. The third kappa shape index (κ3) is 9.13. The van der Waals surface area contributed by atoms with Crippen LogP contribution in [0.15, 0.2) is 28.7 Å². The number of ether oxygens (including phenoxy) is 6. The number of hydrogen-bond acceptors (Lipinski definition) is 9. The SMILES string of the molecule is CCOC1OC(C(=O)N2CCOCCOCCOCCOCC2)=CC(c2ccsc2)C1CCCO. The highest BCUT2D eigenvalue weighted by Crippen LogP contribution is 2.40. The number of nitrogens with zero attached hydrogens (tertiary/aromatic N) is 1. The molecule has 1 saturated heterocycles. The van der Waals surface area contributed by atoms with Gasteiger partial charge in [0, 0.05) is 38.1 Å². The molecule has 3 rings (SSSR count). The van der Waals surface area contributed by atoms with Gasteiger partial charge in [-0.3, -0.25) is 4.79 Å². The van der Waals surface area contributed by atoms with Crippen LogP contribution in [0.5, 0.6) is 0 Å². The van der Waals surface area contributed by atoms with E-state index in [1.165, 1.54) is 0 Å². The zero-order chi connectivity index (χ0) is 24.7. The third-order valence-corrected chi connectivity index (χ3v) is 6.67. The van der Waals surface area contributed by atoms with Gasteiger partial charge in [-0.05, 0) is 48.2 Å². The van der Waals surface area contributed by atoms with Crippen molar-refractivity contribution in [3.05, 3.63) is 34.2 Å². The summed E-state index contributed by atoms with van der Waals surface area (Å²) in [6.07, 6.45) is 2.73. The van der Waals surface area contributed by atoms with Gasteiger partial charge >= 0.3 is 0 Å². The molecule has 0 saturated carbocycles. The molecule has 1 fully saturated rings. The van der Waals surface area contributed by atoms with Crippen LogP contribution in [0.1, 0.15) is 31.2 Å². The number of thiophene rings is 1. The third-order valence-electron chi connectivity index (χ3n) is 5.96. The first-order chi connectivity index (χ1) is 17.2. The van der Waals surface area contributed by atoms with E-state index in [2.05, 4.69) is 11.4 Å². The Hall–Kier alpha value is -1.53. The molecule has 35 heavy (non-hydrogen) atoms. The fourth-order valence-corrected chi connectivity index (χ4v) is 4.89. The summed E-state index contributed by atoms with van der Waals surface area (Å²) in [6.45, 7) is 7.00. The second-order valence-corrected chi connectivity index (χ2v) is 9.11. The van der Waals surface area contributed by atoms with Gasteiger partial charge in [0.2, 0.25) is 6.29 Å². The first kappa shape index (κ1) is 28.0. The maximum atomic E-state index is 13.6. The van der Waals surface area contributed by atoms with Crippen LogP contribution in [-0.4, -0.2) is 101 Å². The maximum absolute atomic E-state index is 13.6. The van der Waals surface area contributed by atoms with Gasteiger partial charge < -0.3 is 38.4 Å². The van der Waals surface area contributed by atoms with Crippen molar-refractivity contribution in [3.8, 4) is 0 Å². The first-order valence-electron chi connectivity index (χ1n) is 12.5. The van der Waals surface area contributed by atoms with Crippen LogP contribution in [0.25, 0.3) is 0 Å². The lowest BCUT2D eigenvalue weighted by Gasteiger charge is -2.37. The topological polar surface area (TPSA) is 95.9 Å². The van der Waals surface area contributed by atoms with Crippen LogP contribution in [0.4, 0.5) is 0 Å². The second kappa shape index (κ2) is 16.3. The summed E-state index contributed by atoms with van der Waals surface area (Å²) in [4.78, 5) is 15.3. The Kier molecular flexibility index (Phi) is 13.0. The highest BCUT2D eigenvalue weighted by Gasteiger charge is 2.38. The summed E-state index contributed by atoms with van der Waals surface area (Å²) in [7, 11) is 0. The van der Waals surface area contributed by atoms with E-state index in [0.29, 0.717) is 79.0 Å². The van der Waals surface area contributed by atoms with E-state index in [1.807, 2.05) is 18.4 Å². The van der Waals surface area contributed by atoms with Crippen LogP contribution in [-0.2, 0) is 33.2 Å². The van der Waals surface area contributed by atoms with E-state index < -0.39 is 6.29 Å². The average molecular weight is 514 g/mol. The number of aliphatic hydroxyl groups is 1. The smallest absolute Gasteiger partial charge is 0.288 e. The number of aliphatic hydroxyl groups excluding tert-OH is 1. The average Bonchev–Trinajstić information content (AvgIpc) is 3.40. The van der Waals surface area contributed by atoms with Crippen molar-refractivity contribution in [1.82, 2.24) is 4.90 Å². The van der Waals surface area contributed by atoms with E-state index in [4.69, 9.17) is 28.4 Å². The Balaban J connectivity index is 1.75. The second-order valence-electron chi connectivity index (χ2n) is 8.33. The quantitative estimate of drug-likeness (QED) is 0.594. The molecule has 9 nitrogen and oxygen atoms in total. The summed E-state index contributed by atoms with van der Waals surface area (Å²) in [5.74, 6) is 0.0363. The molecule has 1 amide bonds. The highest BCUT2D eigenvalue weighted by molar-refractivity contribution is 7.08. The predicted molar refractivity (Wildman–Crippen MR) is 131 cm³/mol. The monoisotopic (exact) mass is 513 g/mol. The molecule has 2 aliphatic heterocycles. The summed E-state index contributed by atoms with van der Waals surface area (Å²) in [6, 6.07) is 2.07. The predicted octanol–water partition coefficient (Wildman–Crippen LogP) is 2.41. The fourth-order valence-electron chi connectivity index (χ4n) is 4.18. The molecule has 198 valence electrons. The number of allylic oxidation sites excluding steroid dienone is 1. The lowest BCUT2D eigenvalue weighted by Crippen LogP contribution is -2.42. The van der Waals surface area contributed by atoms with Crippen molar-refractivity contribution in [1.29, 1.82) is 0 Å². The fraction of sp³-hybridized carbons (Fsp3) is 0.720. The number of carbonyl (C=O) groups is 1. The molecule has 10 heteroatoms. The zero-order valence-electron chi connectivity index (χ0n) is 20.6. The summed E-state index contributed by atoms with van der Waals surface area (Å²) in [5.41, 5.74) is 1.12. The Morgan fingerprint density at radius 3 is 2.23 bits per heavy atom. The molecule has 1 aromatic rings. The number of carbonyl (C=O) groups excluding carboxylic acids is 1. The van der Waals surface area contributed by atoms with Crippen LogP contribution in [0, 0.1) is 5.92 Å². The largest absolute Gasteiger partial charge is 0.459 e. The molecule has 1 aromatic heterocycles. The van der Waals surface area contributed by atoms with Crippen molar-refractivity contribution in [3.63, 3.8) is 0 Å². The van der Waals surface area contributed by atoms with Gasteiger partial charge in [-0.25, -0.2) is 0 Å². The van der Waals surface area contributed by atoms with E-state index in [-0.39, 0.29) is 30.1 Å². The van der Waals surface area contributed by atoms with E-state index in [9.17, 15) is 9.90 Å². The minimum absolute atomic E-state index is 0.00263. The molecular formula is C25H39NO8S. The molecule has 0 bridgehead atoms. The van der Waals surface area contributed by atoms with Crippen molar-refractivity contribution in [2.75, 3.05) is 79.2 Å². The van der Waals surface area contributed by atoms with Gasteiger partial charge in [-0.15, -0.1) is 0 Å². The number of hydrogen-bond donors (Lipinski definition) is 1. The van der Waals surface area contributed by atoms with Gasteiger partial charge in [0.25, 0.3) is 5.91 Å². The van der Waals surface area contributed by atoms with Gasteiger partial charge in [-0.1, -0.05) is 0 Å². The van der Waals surface area contributed by atoms with Gasteiger partial charge in [0.15, 0.2) is 5.76 Å². The van der Waals surface area contributed by atoms with E-state index in [1.54, 1.807) is 16.2 Å². The Morgan fingerprint density at radius 2 is 1.69 bits per heavy atom. The highest BCUT2D eigenvalue weighted by atomic mass is 32.1. The molecule has 1 N–H and O–H groups in total. The summed E-state index contributed by atoms with van der Waals surface area (Å²) >= 11 is 1.62. The van der Waals surface area contributed by atoms with E-state index in [0.717, 1.165) is 12.0 Å². The summed E-state index contributed by atoms with van der Waals surface area (Å²) in [5, 5.41) is 13.6. The zero-order valence-corrected chi connectivity index (χ0v) is 21.4. The van der Waals surface area contributed by atoms with Crippen LogP contribution >= 0.6 is 11.3 Å². The number of rotatable bonds is 7. The van der Waals surface area contributed by atoms with Crippen molar-refractivity contribution in [2.24, 2.45) is 5.92 Å². The molecule has 2 aliphatic rings. The first-order valence-corrected chi connectivity index (χ1v) is 13.4. The Morgan fingerprint density at radius 1 is 1.06 bits per heavy atom. The normalized spacial score (nSPS) is 25.7. The van der Waals surface area contributed by atoms with Crippen LogP contribution in [0.2, 0.25) is 0 Å². The van der Waals surface area contributed by atoms with Gasteiger partial charge in [0.05, 0.1) is 52.9 Å². The van der Waals surface area contributed by atoms with Crippen molar-refractivity contribution >= 4 is 17.2 Å².